The van der Waals surface area contributed by atoms with Gasteiger partial charge in [0.05, 0.1) is 16.7 Å². The van der Waals surface area contributed by atoms with Crippen LogP contribution >= 0.6 is 11.8 Å². The minimum Gasteiger partial charge on any atom is -0.325 e. The number of para-hydroxylation sites is 1. The Morgan fingerprint density at radius 3 is 2.58 bits per heavy atom. The number of nitrogens with one attached hydrogen (secondary N) is 1. The van der Waals surface area contributed by atoms with E-state index in [9.17, 15) is 9.59 Å². The van der Waals surface area contributed by atoms with E-state index in [4.69, 9.17) is 0 Å². The third-order valence-corrected chi connectivity index (χ3v) is 6.12. The number of aromatic nitrogens is 2. The van der Waals surface area contributed by atoms with Crippen molar-refractivity contribution < 1.29 is 4.79 Å². The number of carbonyl (C=O) groups is 1. The lowest BCUT2D eigenvalue weighted by atomic mass is 10.1. The summed E-state index contributed by atoms with van der Waals surface area (Å²) >= 11 is 1.31. The quantitative estimate of drug-likeness (QED) is 0.335. The first kappa shape index (κ1) is 23.1. The van der Waals surface area contributed by atoms with E-state index in [1.54, 1.807) is 4.57 Å². The van der Waals surface area contributed by atoms with Crippen LogP contribution in [0.1, 0.15) is 45.6 Å². The Balaban J connectivity index is 1.71. The first-order valence-electron chi connectivity index (χ1n) is 11.0. The third kappa shape index (κ3) is 6.44. The first-order valence-corrected chi connectivity index (χ1v) is 12.0. The number of carbonyl (C=O) groups excluding carboxylic acids is 1. The fraction of sp³-hybridized carbons (Fsp3) is 0.400. The van der Waals surface area contributed by atoms with Gasteiger partial charge in [0, 0.05) is 12.2 Å². The van der Waals surface area contributed by atoms with Gasteiger partial charge in [0.1, 0.15) is 0 Å². The number of benzene rings is 2. The van der Waals surface area contributed by atoms with Crippen LogP contribution in [0.5, 0.6) is 0 Å². The van der Waals surface area contributed by atoms with Crippen LogP contribution in [0.15, 0.2) is 58.5 Å². The molecule has 0 aliphatic carbocycles. The van der Waals surface area contributed by atoms with E-state index < -0.39 is 0 Å². The summed E-state index contributed by atoms with van der Waals surface area (Å²) in [5.41, 5.74) is 2.69. The summed E-state index contributed by atoms with van der Waals surface area (Å²) in [5, 5.41) is 4.15. The van der Waals surface area contributed by atoms with E-state index in [2.05, 4.69) is 43.2 Å². The smallest absolute Gasteiger partial charge is 0.262 e. The van der Waals surface area contributed by atoms with Gasteiger partial charge in [0.15, 0.2) is 5.16 Å². The zero-order valence-electron chi connectivity index (χ0n) is 18.6. The Kier molecular flexibility index (Phi) is 8.29. The molecule has 0 radical (unpaired) electrons. The summed E-state index contributed by atoms with van der Waals surface area (Å²) in [6.45, 7) is 7.04. The SMILES string of the molecule is CCCCc1ccc(NC(=O)CSc2nc3ccccc3c(=O)n2CCC(C)C)cc1. The lowest BCUT2D eigenvalue weighted by molar-refractivity contribution is -0.113. The van der Waals surface area contributed by atoms with Crippen molar-refractivity contribution in [3.63, 3.8) is 0 Å². The van der Waals surface area contributed by atoms with Gasteiger partial charge < -0.3 is 5.32 Å². The third-order valence-electron chi connectivity index (χ3n) is 5.15. The molecule has 0 aliphatic rings. The fourth-order valence-corrected chi connectivity index (χ4v) is 4.13. The maximum atomic E-state index is 13.0. The van der Waals surface area contributed by atoms with Gasteiger partial charge in [-0.3, -0.25) is 14.2 Å². The first-order chi connectivity index (χ1) is 15.0. The van der Waals surface area contributed by atoms with Crippen LogP contribution in [0.4, 0.5) is 5.69 Å². The molecular formula is C25H31N3O2S. The van der Waals surface area contributed by atoms with Crippen molar-refractivity contribution >= 4 is 34.3 Å². The molecule has 0 unspecified atom stereocenters. The molecule has 0 saturated heterocycles. The van der Waals surface area contributed by atoms with Crippen LogP contribution in [-0.4, -0.2) is 21.2 Å². The predicted molar refractivity (Wildman–Crippen MR) is 130 cm³/mol. The maximum absolute atomic E-state index is 13.0. The number of fused-ring (bicyclic) bond motifs is 1. The second kappa shape index (κ2) is 11.1. The van der Waals surface area contributed by atoms with E-state index >= 15 is 0 Å². The Labute approximate surface area is 188 Å². The molecule has 1 heterocycles. The summed E-state index contributed by atoms with van der Waals surface area (Å²) < 4.78 is 1.71. The van der Waals surface area contributed by atoms with Crippen LogP contribution < -0.4 is 10.9 Å². The van der Waals surface area contributed by atoms with E-state index in [1.807, 2.05) is 36.4 Å². The lowest BCUT2D eigenvalue weighted by Gasteiger charge is -2.14. The highest BCUT2D eigenvalue weighted by molar-refractivity contribution is 7.99. The molecular weight excluding hydrogens is 406 g/mol. The molecule has 6 heteroatoms. The van der Waals surface area contributed by atoms with E-state index in [0.717, 1.165) is 18.5 Å². The van der Waals surface area contributed by atoms with Crippen LogP contribution in [-0.2, 0) is 17.8 Å². The number of rotatable bonds is 10. The molecule has 3 aromatic rings. The van der Waals surface area contributed by atoms with Crippen molar-refractivity contribution in [3.05, 3.63) is 64.4 Å². The van der Waals surface area contributed by atoms with Crippen molar-refractivity contribution in [2.24, 2.45) is 5.92 Å². The normalized spacial score (nSPS) is 11.2. The van der Waals surface area contributed by atoms with E-state index in [1.165, 1.54) is 30.2 Å². The minimum atomic E-state index is -0.107. The number of hydrogen-bond acceptors (Lipinski definition) is 4. The topological polar surface area (TPSA) is 64.0 Å². The number of hydrogen-bond donors (Lipinski definition) is 1. The molecule has 0 aliphatic heterocycles. The highest BCUT2D eigenvalue weighted by Gasteiger charge is 2.14. The van der Waals surface area contributed by atoms with Crippen molar-refractivity contribution in [2.45, 2.75) is 58.2 Å². The van der Waals surface area contributed by atoms with Crippen molar-refractivity contribution in [1.29, 1.82) is 0 Å². The molecule has 2 aromatic carbocycles. The number of thioether (sulfide) groups is 1. The number of amides is 1. The average molecular weight is 438 g/mol. The Morgan fingerprint density at radius 2 is 1.87 bits per heavy atom. The Morgan fingerprint density at radius 1 is 1.13 bits per heavy atom. The van der Waals surface area contributed by atoms with Gasteiger partial charge in [-0.15, -0.1) is 0 Å². The molecule has 164 valence electrons. The molecule has 1 N–H and O–H groups in total. The van der Waals surface area contributed by atoms with Crippen LogP contribution in [0.2, 0.25) is 0 Å². The average Bonchev–Trinajstić information content (AvgIpc) is 2.76. The largest absolute Gasteiger partial charge is 0.325 e. The van der Waals surface area contributed by atoms with Gasteiger partial charge in [-0.1, -0.05) is 63.2 Å². The van der Waals surface area contributed by atoms with Gasteiger partial charge in [-0.05, 0) is 55.0 Å². The summed E-state index contributed by atoms with van der Waals surface area (Å²) in [7, 11) is 0. The molecule has 0 spiro atoms. The summed E-state index contributed by atoms with van der Waals surface area (Å²) in [6, 6.07) is 15.4. The molecule has 0 saturated carbocycles. The zero-order chi connectivity index (χ0) is 22.2. The number of aryl methyl sites for hydroxylation is 1. The van der Waals surface area contributed by atoms with Crippen LogP contribution in [0.3, 0.4) is 0 Å². The molecule has 0 fully saturated rings. The van der Waals surface area contributed by atoms with Gasteiger partial charge >= 0.3 is 0 Å². The van der Waals surface area contributed by atoms with E-state index in [0.29, 0.717) is 28.5 Å². The molecule has 0 atom stereocenters. The molecule has 1 aromatic heterocycles. The molecule has 0 bridgehead atoms. The van der Waals surface area contributed by atoms with Gasteiger partial charge in [-0.2, -0.15) is 0 Å². The van der Waals surface area contributed by atoms with Gasteiger partial charge in [0.25, 0.3) is 5.56 Å². The van der Waals surface area contributed by atoms with Crippen molar-refractivity contribution in [3.8, 4) is 0 Å². The molecule has 1 amide bonds. The van der Waals surface area contributed by atoms with Crippen molar-refractivity contribution in [2.75, 3.05) is 11.1 Å². The maximum Gasteiger partial charge on any atom is 0.262 e. The zero-order valence-corrected chi connectivity index (χ0v) is 19.4. The Hall–Kier alpha value is -2.60. The summed E-state index contributed by atoms with van der Waals surface area (Å²) in [4.78, 5) is 30.2. The number of unbranched alkanes of at least 4 members (excludes halogenated alkanes) is 1. The highest BCUT2D eigenvalue weighted by Crippen LogP contribution is 2.20. The molecule has 31 heavy (non-hydrogen) atoms. The standard InChI is InChI=1S/C25H31N3O2S/c1-4-5-8-19-11-13-20(14-12-19)26-23(29)17-31-25-27-22-10-7-6-9-21(22)24(30)28(25)16-15-18(2)3/h6-7,9-14,18H,4-5,8,15-17H2,1-3H3,(H,26,29). The van der Waals surface area contributed by atoms with Gasteiger partial charge in [0.2, 0.25) is 5.91 Å². The number of nitrogens with zero attached hydrogens (tertiary/aromatic N) is 2. The highest BCUT2D eigenvalue weighted by atomic mass is 32.2. The summed E-state index contributed by atoms with van der Waals surface area (Å²) in [6.07, 6.45) is 4.27. The second-order valence-electron chi connectivity index (χ2n) is 8.19. The molecule has 3 rings (SSSR count). The van der Waals surface area contributed by atoms with Crippen LogP contribution in [0.25, 0.3) is 10.9 Å². The monoisotopic (exact) mass is 437 g/mol. The van der Waals surface area contributed by atoms with Crippen molar-refractivity contribution in [1.82, 2.24) is 9.55 Å². The predicted octanol–water partition coefficient (Wildman–Crippen LogP) is 5.52. The summed E-state index contributed by atoms with van der Waals surface area (Å²) in [5.74, 6) is 0.563. The lowest BCUT2D eigenvalue weighted by Crippen LogP contribution is -2.25. The van der Waals surface area contributed by atoms with Gasteiger partial charge in [-0.25, -0.2) is 4.98 Å². The number of anilines is 1. The fourth-order valence-electron chi connectivity index (χ4n) is 3.31. The Bertz CT molecular complexity index is 1070. The second-order valence-corrected chi connectivity index (χ2v) is 9.13. The molecule has 5 nitrogen and oxygen atoms in total. The minimum absolute atomic E-state index is 0.0446. The van der Waals surface area contributed by atoms with Crippen LogP contribution in [0, 0.1) is 5.92 Å². The van der Waals surface area contributed by atoms with E-state index in [-0.39, 0.29) is 17.2 Å².